The fourth-order valence-corrected chi connectivity index (χ4v) is 4.59. The van der Waals surface area contributed by atoms with E-state index in [1.807, 2.05) is 28.0 Å². The van der Waals surface area contributed by atoms with Gasteiger partial charge in [0.2, 0.25) is 11.8 Å². The first-order valence-corrected chi connectivity index (χ1v) is 9.57. The second kappa shape index (κ2) is 8.17. The van der Waals surface area contributed by atoms with Crippen LogP contribution in [-0.4, -0.2) is 65.0 Å². The van der Waals surface area contributed by atoms with E-state index in [-0.39, 0.29) is 35.7 Å². The third-order valence-electron chi connectivity index (χ3n) is 6.16. The van der Waals surface area contributed by atoms with Gasteiger partial charge in [-0.3, -0.25) is 9.59 Å². The summed E-state index contributed by atoms with van der Waals surface area (Å²) in [5.41, 5.74) is 1.18. The molecule has 3 fully saturated rings. The minimum Gasteiger partial charge on any atom is -0.392 e. The van der Waals surface area contributed by atoms with Gasteiger partial charge in [0.1, 0.15) is 0 Å². The number of nitrogens with one attached hydrogen (secondary N) is 1. The van der Waals surface area contributed by atoms with Gasteiger partial charge in [-0.15, -0.1) is 12.4 Å². The van der Waals surface area contributed by atoms with E-state index in [1.54, 1.807) is 0 Å². The van der Waals surface area contributed by atoms with Crippen molar-refractivity contribution < 1.29 is 14.7 Å². The highest BCUT2D eigenvalue weighted by Crippen LogP contribution is 2.41. The zero-order chi connectivity index (χ0) is 18.1. The molecule has 0 saturated carbocycles. The number of hydrogen-bond acceptors (Lipinski definition) is 4. The molecule has 2 N–H and O–H groups in total. The van der Waals surface area contributed by atoms with Crippen LogP contribution < -0.4 is 5.32 Å². The number of likely N-dealkylation sites (tertiary alicyclic amines) is 2. The quantitative estimate of drug-likeness (QED) is 0.808. The molecule has 0 aromatic heterocycles. The maximum atomic E-state index is 12.6. The molecule has 1 spiro atoms. The van der Waals surface area contributed by atoms with Crippen molar-refractivity contribution in [2.75, 3.05) is 26.2 Å². The average Bonchev–Trinajstić information content (AvgIpc) is 3.20. The monoisotopic (exact) mass is 393 g/mol. The van der Waals surface area contributed by atoms with E-state index in [0.717, 1.165) is 24.9 Å². The van der Waals surface area contributed by atoms with Crippen molar-refractivity contribution >= 4 is 24.2 Å². The number of aliphatic hydroxyl groups excluding tert-OH is 1. The van der Waals surface area contributed by atoms with Crippen molar-refractivity contribution in [2.24, 2.45) is 5.41 Å². The standard InChI is InChI=1S/C20H27N3O3.ClH/c24-16-10-17(21-12-16)19(26)22-8-6-20(7-9-22)11-18(25)23(14-20)13-15-4-2-1-3-5-15;/h1-5,16-17,21,24H,6-14H2;1H/t16-,17+;/m0./s1. The highest BCUT2D eigenvalue weighted by molar-refractivity contribution is 5.85. The number of carbonyl (C=O) groups is 2. The summed E-state index contributed by atoms with van der Waals surface area (Å²) in [4.78, 5) is 29.0. The van der Waals surface area contributed by atoms with Gasteiger partial charge in [-0.1, -0.05) is 30.3 Å². The van der Waals surface area contributed by atoms with E-state index >= 15 is 0 Å². The SMILES string of the molecule is Cl.O=C1CC2(CCN(C(=O)[C@H]3C[C@H](O)CN3)CC2)CN1Cc1ccccc1. The zero-order valence-electron chi connectivity index (χ0n) is 15.5. The third kappa shape index (κ3) is 4.28. The molecular formula is C20H28ClN3O3. The molecular weight excluding hydrogens is 366 g/mol. The third-order valence-corrected chi connectivity index (χ3v) is 6.16. The predicted molar refractivity (Wildman–Crippen MR) is 104 cm³/mol. The molecule has 0 bridgehead atoms. The smallest absolute Gasteiger partial charge is 0.239 e. The van der Waals surface area contributed by atoms with E-state index < -0.39 is 6.10 Å². The summed E-state index contributed by atoms with van der Waals surface area (Å²) in [7, 11) is 0. The predicted octanol–water partition coefficient (Wildman–Crippen LogP) is 1.17. The number of halogens is 1. The average molecular weight is 394 g/mol. The summed E-state index contributed by atoms with van der Waals surface area (Å²) in [5, 5.41) is 12.7. The summed E-state index contributed by atoms with van der Waals surface area (Å²) < 4.78 is 0. The Morgan fingerprint density at radius 2 is 1.93 bits per heavy atom. The molecule has 4 rings (SSSR count). The van der Waals surface area contributed by atoms with Gasteiger partial charge >= 0.3 is 0 Å². The number of amides is 2. The van der Waals surface area contributed by atoms with Gasteiger partial charge < -0.3 is 20.2 Å². The molecule has 1 aromatic carbocycles. The number of aliphatic hydroxyl groups is 1. The molecule has 27 heavy (non-hydrogen) atoms. The number of β-amino-alcohol motifs (C(OH)–C–C–N with tert-alkyl or cyclic N) is 1. The number of nitrogens with zero attached hydrogens (tertiary/aromatic N) is 2. The van der Waals surface area contributed by atoms with Gasteiger partial charge in [0.05, 0.1) is 12.1 Å². The normalized spacial score (nSPS) is 27.1. The summed E-state index contributed by atoms with van der Waals surface area (Å²) in [6.45, 7) is 3.38. The number of carbonyl (C=O) groups excluding carboxylic acids is 2. The molecule has 7 heteroatoms. The van der Waals surface area contributed by atoms with Crippen LogP contribution in [0.25, 0.3) is 0 Å². The van der Waals surface area contributed by atoms with Gasteiger partial charge in [0, 0.05) is 44.6 Å². The van der Waals surface area contributed by atoms with E-state index in [2.05, 4.69) is 17.4 Å². The first-order valence-electron chi connectivity index (χ1n) is 9.57. The topological polar surface area (TPSA) is 72.9 Å². The number of piperidine rings is 1. The van der Waals surface area contributed by atoms with Gasteiger partial charge in [0.15, 0.2) is 0 Å². The Hall–Kier alpha value is -1.63. The molecule has 3 saturated heterocycles. The number of hydrogen-bond donors (Lipinski definition) is 2. The van der Waals surface area contributed by atoms with E-state index in [0.29, 0.717) is 39.0 Å². The maximum absolute atomic E-state index is 12.6. The van der Waals surface area contributed by atoms with Crippen LogP contribution in [0.4, 0.5) is 0 Å². The lowest BCUT2D eigenvalue weighted by Gasteiger charge is -2.39. The van der Waals surface area contributed by atoms with E-state index in [4.69, 9.17) is 0 Å². The van der Waals surface area contributed by atoms with Crippen molar-refractivity contribution in [3.05, 3.63) is 35.9 Å². The van der Waals surface area contributed by atoms with Crippen molar-refractivity contribution in [3.8, 4) is 0 Å². The van der Waals surface area contributed by atoms with Crippen molar-refractivity contribution in [3.63, 3.8) is 0 Å². The van der Waals surface area contributed by atoms with E-state index in [1.165, 1.54) is 0 Å². The Morgan fingerprint density at radius 3 is 2.56 bits per heavy atom. The maximum Gasteiger partial charge on any atom is 0.239 e. The van der Waals surface area contributed by atoms with E-state index in [9.17, 15) is 14.7 Å². The van der Waals surface area contributed by atoms with Crippen molar-refractivity contribution in [2.45, 2.75) is 44.4 Å². The lowest BCUT2D eigenvalue weighted by Crippen LogP contribution is -2.49. The Balaban J connectivity index is 0.00000210. The lowest BCUT2D eigenvalue weighted by atomic mass is 9.77. The summed E-state index contributed by atoms with van der Waals surface area (Å²) in [6.07, 6.45) is 2.45. The molecule has 0 unspecified atom stereocenters. The first-order chi connectivity index (χ1) is 12.5. The van der Waals surface area contributed by atoms with Crippen LogP contribution >= 0.6 is 12.4 Å². The number of benzene rings is 1. The second-order valence-electron chi connectivity index (χ2n) is 8.09. The lowest BCUT2D eigenvalue weighted by molar-refractivity contribution is -0.135. The van der Waals surface area contributed by atoms with Gasteiger partial charge in [-0.25, -0.2) is 0 Å². The second-order valence-corrected chi connectivity index (χ2v) is 8.09. The molecule has 2 atom stereocenters. The highest BCUT2D eigenvalue weighted by atomic mass is 35.5. The van der Waals surface area contributed by atoms with Crippen LogP contribution in [-0.2, 0) is 16.1 Å². The van der Waals surface area contributed by atoms with Crippen LogP contribution in [0, 0.1) is 5.41 Å². The van der Waals surface area contributed by atoms with Crippen LogP contribution in [0.1, 0.15) is 31.2 Å². The molecule has 0 aliphatic carbocycles. The Labute approximate surface area is 166 Å². The fourth-order valence-electron chi connectivity index (χ4n) is 4.59. The van der Waals surface area contributed by atoms with Gasteiger partial charge in [-0.2, -0.15) is 0 Å². The zero-order valence-corrected chi connectivity index (χ0v) is 16.3. The highest BCUT2D eigenvalue weighted by Gasteiger charge is 2.46. The first kappa shape index (κ1) is 20.1. The fraction of sp³-hybridized carbons (Fsp3) is 0.600. The molecule has 3 aliphatic heterocycles. The van der Waals surface area contributed by atoms with Crippen molar-refractivity contribution in [1.82, 2.24) is 15.1 Å². The Kier molecular flexibility index (Phi) is 6.08. The van der Waals surface area contributed by atoms with Crippen LogP contribution in [0.15, 0.2) is 30.3 Å². The minimum atomic E-state index is -0.418. The van der Waals surface area contributed by atoms with Crippen molar-refractivity contribution in [1.29, 1.82) is 0 Å². The molecule has 1 aromatic rings. The molecule has 2 amide bonds. The molecule has 6 nitrogen and oxygen atoms in total. The van der Waals surface area contributed by atoms with Gasteiger partial charge in [-0.05, 0) is 24.8 Å². The Morgan fingerprint density at radius 1 is 1.22 bits per heavy atom. The van der Waals surface area contributed by atoms with Crippen LogP contribution in [0.2, 0.25) is 0 Å². The summed E-state index contributed by atoms with van der Waals surface area (Å²) in [6, 6.07) is 9.86. The van der Waals surface area contributed by atoms with Gasteiger partial charge in [0.25, 0.3) is 0 Å². The molecule has 3 heterocycles. The number of rotatable bonds is 3. The molecule has 0 radical (unpaired) electrons. The van der Waals surface area contributed by atoms with Crippen LogP contribution in [0.5, 0.6) is 0 Å². The summed E-state index contributed by atoms with van der Waals surface area (Å²) >= 11 is 0. The summed E-state index contributed by atoms with van der Waals surface area (Å²) in [5.74, 6) is 0.330. The molecule has 3 aliphatic rings. The van der Waals surface area contributed by atoms with Crippen LogP contribution in [0.3, 0.4) is 0 Å². The molecule has 148 valence electrons. The largest absolute Gasteiger partial charge is 0.392 e. The minimum absolute atomic E-state index is 0. The Bertz CT molecular complexity index is 676.